The van der Waals surface area contributed by atoms with Crippen LogP contribution in [0, 0.1) is 17.5 Å². The van der Waals surface area contributed by atoms with Gasteiger partial charge in [-0.05, 0) is 60.7 Å². The molecule has 0 atom stereocenters. The highest BCUT2D eigenvalue weighted by molar-refractivity contribution is 7.80. The standard InChI is InChI=1S/C21H13F3N2O3S/c22-12-1-4-14(5-2-12)26-20(27)18(25-21(26)30)10-15-6-7-16(29-15)11-28-19-8-3-13(23)9-17(19)24/h1-10H,11H2,(H,25,30)/b18-10+. The van der Waals surface area contributed by atoms with Crippen molar-refractivity contribution in [3.63, 3.8) is 0 Å². The van der Waals surface area contributed by atoms with Crippen LogP contribution in [-0.2, 0) is 11.4 Å². The normalized spacial score (nSPS) is 15.0. The lowest BCUT2D eigenvalue weighted by Crippen LogP contribution is -2.30. The molecule has 152 valence electrons. The minimum Gasteiger partial charge on any atom is -0.483 e. The number of carbonyl (C=O) groups is 1. The number of amides is 1. The predicted molar refractivity (Wildman–Crippen MR) is 107 cm³/mol. The second-order valence-corrected chi connectivity index (χ2v) is 6.66. The summed E-state index contributed by atoms with van der Waals surface area (Å²) in [6, 6.07) is 11.6. The highest BCUT2D eigenvalue weighted by Gasteiger charge is 2.32. The number of thiocarbonyl (C=S) groups is 1. The second kappa shape index (κ2) is 8.03. The van der Waals surface area contributed by atoms with Crippen molar-refractivity contribution >= 4 is 35.0 Å². The van der Waals surface area contributed by atoms with E-state index in [1.54, 1.807) is 12.1 Å². The summed E-state index contributed by atoms with van der Waals surface area (Å²) in [5.74, 6) is -1.77. The molecule has 1 aliphatic rings. The third-order valence-electron chi connectivity index (χ3n) is 4.20. The molecule has 1 fully saturated rings. The van der Waals surface area contributed by atoms with Crippen LogP contribution in [0.5, 0.6) is 5.75 Å². The Hall–Kier alpha value is -3.59. The van der Waals surface area contributed by atoms with Gasteiger partial charge in [0.1, 0.15) is 35.5 Å². The average molecular weight is 430 g/mol. The topological polar surface area (TPSA) is 54.7 Å². The molecular formula is C21H13F3N2O3S. The van der Waals surface area contributed by atoms with Crippen molar-refractivity contribution in [3.8, 4) is 5.75 Å². The molecule has 1 saturated heterocycles. The SMILES string of the molecule is O=C1/C(=C\c2ccc(COc3ccc(F)cc3F)o2)NC(=S)N1c1ccc(F)cc1. The summed E-state index contributed by atoms with van der Waals surface area (Å²) in [4.78, 5) is 13.9. The maximum absolute atomic E-state index is 13.6. The molecule has 1 N–H and O–H groups in total. The first-order valence-corrected chi connectivity index (χ1v) is 9.11. The fourth-order valence-electron chi connectivity index (χ4n) is 2.79. The number of nitrogens with one attached hydrogen (secondary N) is 1. The summed E-state index contributed by atoms with van der Waals surface area (Å²) in [7, 11) is 0. The van der Waals surface area contributed by atoms with E-state index in [0.29, 0.717) is 17.2 Å². The third kappa shape index (κ3) is 4.06. The lowest BCUT2D eigenvalue weighted by molar-refractivity contribution is -0.113. The van der Waals surface area contributed by atoms with Gasteiger partial charge in [0.25, 0.3) is 5.91 Å². The quantitative estimate of drug-likeness (QED) is 0.476. The minimum atomic E-state index is -0.820. The molecule has 0 radical (unpaired) electrons. The minimum absolute atomic E-state index is 0.0901. The molecule has 5 nitrogen and oxygen atoms in total. The Labute approximate surface area is 174 Å². The first-order chi connectivity index (χ1) is 14.4. The van der Waals surface area contributed by atoms with Crippen molar-refractivity contribution in [2.24, 2.45) is 0 Å². The molecule has 9 heteroatoms. The molecule has 2 heterocycles. The average Bonchev–Trinajstić information content (AvgIpc) is 3.26. The van der Waals surface area contributed by atoms with Crippen LogP contribution < -0.4 is 15.0 Å². The van der Waals surface area contributed by atoms with E-state index in [2.05, 4.69) is 5.32 Å². The molecular weight excluding hydrogens is 417 g/mol. The monoisotopic (exact) mass is 430 g/mol. The molecule has 1 aliphatic heterocycles. The Bertz CT molecular complexity index is 1160. The number of furan rings is 1. The molecule has 2 aromatic carbocycles. The zero-order valence-electron chi connectivity index (χ0n) is 15.2. The van der Waals surface area contributed by atoms with Gasteiger partial charge in [-0.3, -0.25) is 9.69 Å². The van der Waals surface area contributed by atoms with Crippen molar-refractivity contribution in [2.75, 3.05) is 4.90 Å². The number of anilines is 1. The molecule has 1 amide bonds. The van der Waals surface area contributed by atoms with E-state index in [9.17, 15) is 18.0 Å². The van der Waals surface area contributed by atoms with Crippen LogP contribution in [-0.4, -0.2) is 11.0 Å². The number of nitrogens with zero attached hydrogens (tertiary/aromatic N) is 1. The zero-order valence-corrected chi connectivity index (χ0v) is 16.0. The summed E-state index contributed by atoms with van der Waals surface area (Å²) >= 11 is 5.19. The van der Waals surface area contributed by atoms with Gasteiger partial charge < -0.3 is 14.5 Å². The van der Waals surface area contributed by atoms with Crippen molar-refractivity contribution in [1.29, 1.82) is 0 Å². The number of halogens is 3. The van der Waals surface area contributed by atoms with Gasteiger partial charge in [0, 0.05) is 12.1 Å². The van der Waals surface area contributed by atoms with Gasteiger partial charge in [-0.2, -0.15) is 0 Å². The number of benzene rings is 2. The highest BCUT2D eigenvalue weighted by atomic mass is 32.1. The number of hydrogen-bond acceptors (Lipinski definition) is 4. The van der Waals surface area contributed by atoms with E-state index < -0.39 is 23.4 Å². The first-order valence-electron chi connectivity index (χ1n) is 8.70. The largest absolute Gasteiger partial charge is 0.483 e. The van der Waals surface area contributed by atoms with Gasteiger partial charge in [0.2, 0.25) is 0 Å². The lowest BCUT2D eigenvalue weighted by Gasteiger charge is -2.13. The van der Waals surface area contributed by atoms with E-state index in [1.807, 2.05) is 0 Å². The molecule has 0 spiro atoms. The molecule has 3 aromatic rings. The van der Waals surface area contributed by atoms with Crippen molar-refractivity contribution in [1.82, 2.24) is 5.32 Å². The van der Waals surface area contributed by atoms with Gasteiger partial charge in [-0.15, -0.1) is 0 Å². The number of carbonyl (C=O) groups excluding carboxylic acids is 1. The van der Waals surface area contributed by atoms with Gasteiger partial charge in [-0.25, -0.2) is 13.2 Å². The van der Waals surface area contributed by atoms with E-state index in [4.69, 9.17) is 21.4 Å². The predicted octanol–water partition coefficient (Wildman–Crippen LogP) is 4.54. The molecule has 0 saturated carbocycles. The molecule has 0 unspecified atom stereocenters. The molecule has 0 bridgehead atoms. The summed E-state index contributed by atoms with van der Waals surface area (Å²) in [6.07, 6.45) is 1.46. The molecule has 30 heavy (non-hydrogen) atoms. The Morgan fingerprint density at radius 2 is 1.77 bits per heavy atom. The van der Waals surface area contributed by atoms with E-state index in [1.165, 1.54) is 41.3 Å². The Morgan fingerprint density at radius 1 is 1.03 bits per heavy atom. The zero-order chi connectivity index (χ0) is 21.3. The van der Waals surface area contributed by atoms with E-state index in [-0.39, 0.29) is 23.2 Å². The fraction of sp³-hybridized carbons (Fsp3) is 0.0476. The van der Waals surface area contributed by atoms with E-state index in [0.717, 1.165) is 12.1 Å². The third-order valence-corrected chi connectivity index (χ3v) is 4.48. The van der Waals surface area contributed by atoms with Gasteiger partial charge in [-0.1, -0.05) is 0 Å². The summed E-state index contributed by atoms with van der Waals surface area (Å²) in [5.41, 5.74) is 0.605. The highest BCUT2D eigenvalue weighted by Crippen LogP contribution is 2.24. The molecule has 4 rings (SSSR count). The van der Waals surface area contributed by atoms with Crippen LogP contribution in [0.25, 0.3) is 6.08 Å². The smallest absolute Gasteiger partial charge is 0.281 e. The maximum Gasteiger partial charge on any atom is 0.281 e. The second-order valence-electron chi connectivity index (χ2n) is 6.27. The lowest BCUT2D eigenvalue weighted by atomic mass is 10.2. The van der Waals surface area contributed by atoms with Crippen LogP contribution in [0.3, 0.4) is 0 Å². The summed E-state index contributed by atoms with van der Waals surface area (Å²) in [6.45, 7) is -0.0901. The molecule has 1 aromatic heterocycles. The number of ether oxygens (including phenoxy) is 1. The summed E-state index contributed by atoms with van der Waals surface area (Å²) in [5, 5.41) is 2.95. The first kappa shape index (κ1) is 19.7. The Kier molecular flexibility index (Phi) is 5.28. The van der Waals surface area contributed by atoms with Crippen LogP contribution in [0.15, 0.2) is 64.7 Å². The molecule has 0 aliphatic carbocycles. The summed E-state index contributed by atoms with van der Waals surface area (Å²) < 4.78 is 50.5. The van der Waals surface area contributed by atoms with Crippen molar-refractivity contribution in [3.05, 3.63) is 89.3 Å². The van der Waals surface area contributed by atoms with Crippen LogP contribution in [0.2, 0.25) is 0 Å². The number of rotatable bonds is 5. The van der Waals surface area contributed by atoms with E-state index >= 15 is 0 Å². The Morgan fingerprint density at radius 3 is 2.50 bits per heavy atom. The van der Waals surface area contributed by atoms with Gasteiger partial charge >= 0.3 is 0 Å². The van der Waals surface area contributed by atoms with Crippen LogP contribution in [0.4, 0.5) is 18.9 Å². The van der Waals surface area contributed by atoms with Crippen molar-refractivity contribution < 1.29 is 27.1 Å². The Balaban J connectivity index is 1.46. The fourth-order valence-corrected chi connectivity index (χ4v) is 3.09. The van der Waals surface area contributed by atoms with Crippen LogP contribution in [0.1, 0.15) is 11.5 Å². The van der Waals surface area contributed by atoms with Crippen LogP contribution >= 0.6 is 12.2 Å². The maximum atomic E-state index is 13.6. The number of hydrogen-bond donors (Lipinski definition) is 1. The van der Waals surface area contributed by atoms with Gasteiger partial charge in [0.05, 0.1) is 5.69 Å². The van der Waals surface area contributed by atoms with Crippen molar-refractivity contribution in [2.45, 2.75) is 6.61 Å². The van der Waals surface area contributed by atoms with Gasteiger partial charge in [0.15, 0.2) is 16.7 Å².